The van der Waals surface area contributed by atoms with Gasteiger partial charge in [0.25, 0.3) is 0 Å². The van der Waals surface area contributed by atoms with E-state index < -0.39 is 0 Å². The fourth-order valence-electron chi connectivity index (χ4n) is 2.18. The van der Waals surface area contributed by atoms with Crippen LogP contribution in [-0.2, 0) is 16.1 Å². The van der Waals surface area contributed by atoms with Gasteiger partial charge in [0.05, 0.1) is 19.3 Å². The van der Waals surface area contributed by atoms with Crippen molar-refractivity contribution >= 4 is 0 Å². The Labute approximate surface area is 107 Å². The molecule has 2 unspecified atom stereocenters. The maximum atomic E-state index is 13.5. The second-order valence-electron chi connectivity index (χ2n) is 4.47. The van der Waals surface area contributed by atoms with Crippen LogP contribution in [0.3, 0.4) is 0 Å². The van der Waals surface area contributed by atoms with Crippen LogP contribution in [0.2, 0.25) is 0 Å². The zero-order chi connectivity index (χ0) is 12.8. The van der Waals surface area contributed by atoms with E-state index in [0.29, 0.717) is 24.8 Å². The van der Waals surface area contributed by atoms with Gasteiger partial charge >= 0.3 is 0 Å². The molecule has 2 rings (SSSR count). The molecule has 4 heteroatoms. The molecular weight excluding hydrogens is 233 g/mol. The smallest absolute Gasteiger partial charge is 0.128 e. The van der Waals surface area contributed by atoms with Crippen molar-refractivity contribution in [3.63, 3.8) is 0 Å². The predicted octanol–water partition coefficient (Wildman–Crippen LogP) is 2.11. The van der Waals surface area contributed by atoms with Crippen LogP contribution in [0.4, 0.5) is 4.39 Å². The van der Waals surface area contributed by atoms with Crippen LogP contribution >= 0.6 is 0 Å². The zero-order valence-electron chi connectivity index (χ0n) is 10.7. The van der Waals surface area contributed by atoms with Crippen LogP contribution in [0.15, 0.2) is 24.3 Å². The molecule has 0 saturated carbocycles. The SMILES string of the molecule is CCNC1CCOCC1OCc1ccccc1F. The molecule has 0 aliphatic carbocycles. The topological polar surface area (TPSA) is 30.5 Å². The van der Waals surface area contributed by atoms with Crippen molar-refractivity contribution in [2.75, 3.05) is 19.8 Å². The number of nitrogens with one attached hydrogen (secondary N) is 1. The van der Waals surface area contributed by atoms with Crippen LogP contribution in [0.5, 0.6) is 0 Å². The first-order chi connectivity index (χ1) is 8.81. The van der Waals surface area contributed by atoms with Gasteiger partial charge in [0.15, 0.2) is 0 Å². The van der Waals surface area contributed by atoms with Gasteiger partial charge in [-0.25, -0.2) is 4.39 Å². The fraction of sp³-hybridized carbons (Fsp3) is 0.571. The molecular formula is C14H20FNO2. The summed E-state index contributed by atoms with van der Waals surface area (Å²) in [5, 5.41) is 3.39. The Kier molecular flexibility index (Phi) is 5.11. The van der Waals surface area contributed by atoms with E-state index in [1.807, 2.05) is 6.07 Å². The van der Waals surface area contributed by atoms with E-state index >= 15 is 0 Å². The van der Waals surface area contributed by atoms with E-state index in [1.165, 1.54) is 6.07 Å². The molecule has 1 aliphatic rings. The summed E-state index contributed by atoms with van der Waals surface area (Å²) >= 11 is 0. The third kappa shape index (κ3) is 3.51. The van der Waals surface area contributed by atoms with E-state index in [2.05, 4.69) is 12.2 Å². The third-order valence-electron chi connectivity index (χ3n) is 3.18. The standard InChI is InChI=1S/C14H20FNO2/c1-2-16-13-7-8-17-10-14(13)18-9-11-5-3-4-6-12(11)15/h3-6,13-14,16H,2,7-10H2,1H3. The average molecular weight is 253 g/mol. The minimum absolute atomic E-state index is 0.00157. The van der Waals surface area contributed by atoms with E-state index in [-0.39, 0.29) is 11.9 Å². The van der Waals surface area contributed by atoms with Crippen LogP contribution in [0.25, 0.3) is 0 Å². The first kappa shape index (κ1) is 13.5. The van der Waals surface area contributed by atoms with Crippen molar-refractivity contribution in [2.24, 2.45) is 0 Å². The Hall–Kier alpha value is -0.970. The molecule has 0 radical (unpaired) electrons. The van der Waals surface area contributed by atoms with Crippen molar-refractivity contribution in [3.8, 4) is 0 Å². The molecule has 1 saturated heterocycles. The Morgan fingerprint density at radius 1 is 1.44 bits per heavy atom. The lowest BCUT2D eigenvalue weighted by Gasteiger charge is -2.32. The molecule has 1 N–H and O–H groups in total. The normalized spacial score (nSPS) is 24.1. The Balaban J connectivity index is 1.89. The van der Waals surface area contributed by atoms with Crippen molar-refractivity contribution in [1.82, 2.24) is 5.32 Å². The highest BCUT2D eigenvalue weighted by molar-refractivity contribution is 5.16. The lowest BCUT2D eigenvalue weighted by atomic mass is 10.1. The second-order valence-corrected chi connectivity index (χ2v) is 4.47. The molecule has 1 aromatic rings. The van der Waals surface area contributed by atoms with E-state index in [9.17, 15) is 4.39 Å². The molecule has 1 fully saturated rings. The summed E-state index contributed by atoms with van der Waals surface area (Å²) < 4.78 is 24.7. The lowest BCUT2D eigenvalue weighted by molar-refractivity contribution is -0.0757. The van der Waals surface area contributed by atoms with Crippen LogP contribution in [0, 0.1) is 5.82 Å². The highest BCUT2D eigenvalue weighted by atomic mass is 19.1. The molecule has 0 aromatic heterocycles. The van der Waals surface area contributed by atoms with Crippen LogP contribution in [0.1, 0.15) is 18.9 Å². The third-order valence-corrected chi connectivity index (χ3v) is 3.18. The molecule has 1 heterocycles. The number of benzene rings is 1. The van der Waals surface area contributed by atoms with Crippen LogP contribution < -0.4 is 5.32 Å². The van der Waals surface area contributed by atoms with Gasteiger partial charge in [-0.1, -0.05) is 25.1 Å². The van der Waals surface area contributed by atoms with Gasteiger partial charge in [-0.15, -0.1) is 0 Å². The molecule has 1 aliphatic heterocycles. The largest absolute Gasteiger partial charge is 0.379 e. The molecule has 3 nitrogen and oxygen atoms in total. The summed E-state index contributed by atoms with van der Waals surface area (Å²) in [6.45, 7) is 4.61. The van der Waals surface area contributed by atoms with Crippen LogP contribution in [-0.4, -0.2) is 31.9 Å². The second kappa shape index (κ2) is 6.83. The van der Waals surface area contributed by atoms with E-state index in [4.69, 9.17) is 9.47 Å². The quantitative estimate of drug-likeness (QED) is 0.872. The summed E-state index contributed by atoms with van der Waals surface area (Å²) in [5.74, 6) is -0.214. The monoisotopic (exact) mass is 253 g/mol. The van der Waals surface area contributed by atoms with Gasteiger partial charge in [-0.2, -0.15) is 0 Å². The number of ether oxygens (including phenoxy) is 2. The minimum Gasteiger partial charge on any atom is -0.379 e. The molecule has 0 bridgehead atoms. The van der Waals surface area contributed by atoms with Crippen molar-refractivity contribution in [2.45, 2.75) is 32.1 Å². The van der Waals surface area contributed by atoms with Gasteiger partial charge in [0, 0.05) is 18.2 Å². The van der Waals surface area contributed by atoms with E-state index in [0.717, 1.165) is 19.6 Å². The van der Waals surface area contributed by atoms with Crippen molar-refractivity contribution < 1.29 is 13.9 Å². The first-order valence-corrected chi connectivity index (χ1v) is 6.47. The van der Waals surface area contributed by atoms with Gasteiger partial charge in [-0.3, -0.25) is 0 Å². The summed E-state index contributed by atoms with van der Waals surface area (Å²) in [5.41, 5.74) is 0.596. The molecule has 1 aromatic carbocycles. The number of halogens is 1. The minimum atomic E-state index is -0.214. The summed E-state index contributed by atoms with van der Waals surface area (Å²) in [7, 11) is 0. The molecule has 100 valence electrons. The number of rotatable bonds is 5. The van der Waals surface area contributed by atoms with Crippen molar-refractivity contribution in [1.29, 1.82) is 0 Å². The van der Waals surface area contributed by atoms with Gasteiger partial charge in [0.1, 0.15) is 5.82 Å². The fourth-order valence-corrected chi connectivity index (χ4v) is 2.18. The summed E-state index contributed by atoms with van der Waals surface area (Å²) in [6.07, 6.45) is 0.939. The lowest BCUT2D eigenvalue weighted by Crippen LogP contribution is -2.47. The summed E-state index contributed by atoms with van der Waals surface area (Å²) in [6, 6.07) is 7.01. The van der Waals surface area contributed by atoms with Gasteiger partial charge in [0.2, 0.25) is 0 Å². The number of likely N-dealkylation sites (N-methyl/N-ethyl adjacent to an activating group) is 1. The zero-order valence-corrected chi connectivity index (χ0v) is 10.7. The Morgan fingerprint density at radius 2 is 2.28 bits per heavy atom. The summed E-state index contributed by atoms with van der Waals surface area (Å²) in [4.78, 5) is 0. The molecule has 18 heavy (non-hydrogen) atoms. The van der Waals surface area contributed by atoms with Crippen molar-refractivity contribution in [3.05, 3.63) is 35.6 Å². The molecule has 0 amide bonds. The van der Waals surface area contributed by atoms with Gasteiger partial charge < -0.3 is 14.8 Å². The number of hydrogen-bond donors (Lipinski definition) is 1. The average Bonchev–Trinajstić information content (AvgIpc) is 2.40. The number of hydrogen-bond acceptors (Lipinski definition) is 3. The molecule has 0 spiro atoms. The Morgan fingerprint density at radius 3 is 3.06 bits per heavy atom. The Bertz CT molecular complexity index is 371. The highest BCUT2D eigenvalue weighted by Gasteiger charge is 2.25. The highest BCUT2D eigenvalue weighted by Crippen LogP contribution is 2.15. The van der Waals surface area contributed by atoms with E-state index in [1.54, 1.807) is 12.1 Å². The first-order valence-electron chi connectivity index (χ1n) is 6.47. The molecule has 2 atom stereocenters. The maximum absolute atomic E-state index is 13.5. The predicted molar refractivity (Wildman–Crippen MR) is 67.9 cm³/mol. The van der Waals surface area contributed by atoms with Gasteiger partial charge in [-0.05, 0) is 19.0 Å². The maximum Gasteiger partial charge on any atom is 0.128 e.